The van der Waals surface area contributed by atoms with Crippen LogP contribution in [0.5, 0.6) is 0 Å². The molecule has 25 heavy (non-hydrogen) atoms. The molecule has 0 aromatic rings. The van der Waals surface area contributed by atoms with Crippen molar-refractivity contribution >= 4 is 5.97 Å². The summed E-state index contributed by atoms with van der Waals surface area (Å²) >= 11 is 0. The maximum absolute atomic E-state index is 11.7. The summed E-state index contributed by atoms with van der Waals surface area (Å²) in [4.78, 5) is 11.7. The van der Waals surface area contributed by atoms with Gasteiger partial charge in [0.25, 0.3) is 0 Å². The van der Waals surface area contributed by atoms with E-state index in [1.54, 1.807) is 0 Å². The van der Waals surface area contributed by atoms with E-state index in [2.05, 4.69) is 45.6 Å². The smallest absolute Gasteiger partial charge is 0.303 e. The van der Waals surface area contributed by atoms with Crippen LogP contribution in [0.1, 0.15) is 60.3 Å². The number of carbonyl (C=O) groups excluding carboxylic acids is 1. The minimum atomic E-state index is -0.190. The highest BCUT2D eigenvalue weighted by Gasteiger charge is 2.67. The second kappa shape index (κ2) is 6.42. The van der Waals surface area contributed by atoms with Crippen LogP contribution in [-0.2, 0) is 14.3 Å². The molecule has 3 nitrogen and oxygen atoms in total. The molecular weight excluding hydrogens is 312 g/mol. The van der Waals surface area contributed by atoms with E-state index < -0.39 is 0 Å². The molecule has 3 aliphatic rings. The molecular formula is C22H32O3. The number of esters is 1. The van der Waals surface area contributed by atoms with Crippen molar-refractivity contribution < 1.29 is 14.3 Å². The topological polar surface area (TPSA) is 38.8 Å². The van der Waals surface area contributed by atoms with Gasteiger partial charge in [-0.25, -0.2) is 0 Å². The highest BCUT2D eigenvalue weighted by molar-refractivity contribution is 5.66. The fraction of sp³-hybridized carbons (Fsp3) is 0.682. The van der Waals surface area contributed by atoms with E-state index in [0.29, 0.717) is 11.8 Å². The van der Waals surface area contributed by atoms with Crippen molar-refractivity contribution in [2.45, 2.75) is 78.1 Å². The molecule has 138 valence electrons. The Labute approximate surface area is 152 Å². The minimum Gasteiger partial charge on any atom is -0.459 e. The Bertz CT molecular complexity index is 631. The van der Waals surface area contributed by atoms with E-state index in [0.717, 1.165) is 31.3 Å². The lowest BCUT2D eigenvalue weighted by molar-refractivity contribution is -0.157. The van der Waals surface area contributed by atoms with Crippen LogP contribution in [-0.4, -0.2) is 23.8 Å². The monoisotopic (exact) mass is 344 g/mol. The van der Waals surface area contributed by atoms with Crippen LogP contribution in [0.4, 0.5) is 0 Å². The number of rotatable bonds is 4. The van der Waals surface area contributed by atoms with Crippen LogP contribution in [0, 0.1) is 17.3 Å². The summed E-state index contributed by atoms with van der Waals surface area (Å²) in [5.74, 6) is 0.906. The van der Waals surface area contributed by atoms with Crippen molar-refractivity contribution in [1.82, 2.24) is 0 Å². The summed E-state index contributed by atoms with van der Waals surface area (Å²) in [6.07, 6.45) is 10.8. The summed E-state index contributed by atoms with van der Waals surface area (Å²) in [6.45, 7) is 14.2. The standard InChI is InChI=1S/C22H32O3/c1-14(2)8-7-9-15(3)17-10-12-21(5)18(17)11-13-22(6)20(25-22)19(21)24-16(4)23/h7-9,17-20H,1,10-13H2,2-6H3/b8-7+,15-9+/t17-,18-,19+,20-,21-,22+/m0/s1. The largest absolute Gasteiger partial charge is 0.459 e. The second-order valence-electron chi connectivity index (χ2n) is 8.79. The molecule has 6 atom stereocenters. The SMILES string of the molecule is C=C(C)/C=C/C=C(\C)[C@@H]1CC[C@]2(C)[C@H](OC(C)=O)[C@@H]3O[C@]3(C)CC[C@@H]12. The zero-order chi connectivity index (χ0) is 18.4. The lowest BCUT2D eigenvalue weighted by Crippen LogP contribution is -2.43. The van der Waals surface area contributed by atoms with Crippen LogP contribution in [0.3, 0.4) is 0 Å². The average molecular weight is 344 g/mol. The maximum atomic E-state index is 11.7. The Morgan fingerprint density at radius 3 is 2.56 bits per heavy atom. The third-order valence-corrected chi connectivity index (χ3v) is 6.76. The first kappa shape index (κ1) is 18.4. The second-order valence-corrected chi connectivity index (χ2v) is 8.79. The summed E-state index contributed by atoms with van der Waals surface area (Å²) in [6, 6.07) is 0. The Morgan fingerprint density at radius 1 is 1.20 bits per heavy atom. The van der Waals surface area contributed by atoms with E-state index in [-0.39, 0.29) is 29.2 Å². The molecule has 3 heteroatoms. The fourth-order valence-corrected chi connectivity index (χ4v) is 5.23. The molecule has 0 amide bonds. The Hall–Kier alpha value is -1.35. The van der Waals surface area contributed by atoms with Gasteiger partial charge in [-0.3, -0.25) is 4.79 Å². The molecule has 0 aromatic heterocycles. The first-order valence-corrected chi connectivity index (χ1v) is 9.53. The number of fused-ring (bicyclic) bond motifs is 2. The van der Waals surface area contributed by atoms with E-state index in [1.807, 2.05) is 6.92 Å². The summed E-state index contributed by atoms with van der Waals surface area (Å²) in [7, 11) is 0. The van der Waals surface area contributed by atoms with Gasteiger partial charge in [-0.05, 0) is 58.3 Å². The van der Waals surface area contributed by atoms with Crippen molar-refractivity contribution in [3.63, 3.8) is 0 Å². The van der Waals surface area contributed by atoms with Crippen LogP contribution in [0.2, 0.25) is 0 Å². The van der Waals surface area contributed by atoms with Gasteiger partial charge >= 0.3 is 5.97 Å². The Morgan fingerprint density at radius 2 is 1.92 bits per heavy atom. The molecule has 3 rings (SSSR count). The summed E-state index contributed by atoms with van der Waals surface area (Å²) < 4.78 is 11.8. The Kier molecular flexibility index (Phi) is 4.74. The Balaban J connectivity index is 1.86. The minimum absolute atomic E-state index is 0.00241. The lowest BCUT2D eigenvalue weighted by atomic mass is 9.70. The fourth-order valence-electron chi connectivity index (χ4n) is 5.23. The van der Waals surface area contributed by atoms with E-state index in [1.165, 1.54) is 12.5 Å². The van der Waals surface area contributed by atoms with Gasteiger partial charge in [-0.1, -0.05) is 42.9 Å². The third-order valence-electron chi connectivity index (χ3n) is 6.76. The molecule has 3 fully saturated rings. The number of hydrogen-bond donors (Lipinski definition) is 0. The van der Waals surface area contributed by atoms with Gasteiger partial charge in [0.05, 0.1) is 5.60 Å². The predicted molar refractivity (Wildman–Crippen MR) is 100 cm³/mol. The summed E-state index contributed by atoms with van der Waals surface area (Å²) in [5, 5.41) is 0. The van der Waals surface area contributed by atoms with Crippen LogP contribution in [0.25, 0.3) is 0 Å². The molecule has 0 bridgehead atoms. The highest BCUT2D eigenvalue weighted by Crippen LogP contribution is 2.62. The quantitative estimate of drug-likeness (QED) is 0.410. The molecule has 0 N–H and O–H groups in total. The van der Waals surface area contributed by atoms with Crippen molar-refractivity contribution in [1.29, 1.82) is 0 Å². The molecule has 1 heterocycles. The van der Waals surface area contributed by atoms with Gasteiger partial charge in [0.15, 0.2) is 0 Å². The number of hydrogen-bond acceptors (Lipinski definition) is 3. The number of ether oxygens (including phenoxy) is 2. The van der Waals surface area contributed by atoms with Gasteiger partial charge in [0, 0.05) is 12.3 Å². The first-order chi connectivity index (χ1) is 11.7. The molecule has 2 saturated carbocycles. The molecule has 0 aromatic carbocycles. The number of allylic oxidation sites excluding steroid dienone is 5. The van der Waals surface area contributed by atoms with E-state index in [4.69, 9.17) is 9.47 Å². The van der Waals surface area contributed by atoms with Gasteiger partial charge in [0.1, 0.15) is 12.2 Å². The zero-order valence-corrected chi connectivity index (χ0v) is 16.3. The van der Waals surface area contributed by atoms with Crippen LogP contribution >= 0.6 is 0 Å². The molecule has 2 aliphatic carbocycles. The predicted octanol–water partition coefficient (Wildman–Crippen LogP) is 4.98. The summed E-state index contributed by atoms with van der Waals surface area (Å²) in [5.41, 5.74) is 2.39. The lowest BCUT2D eigenvalue weighted by Gasteiger charge is -2.38. The van der Waals surface area contributed by atoms with Crippen molar-refractivity contribution in [2.75, 3.05) is 0 Å². The van der Waals surface area contributed by atoms with Gasteiger partial charge in [0.2, 0.25) is 0 Å². The highest BCUT2D eigenvalue weighted by atomic mass is 16.6. The van der Waals surface area contributed by atoms with Gasteiger partial charge in [-0.15, -0.1) is 0 Å². The molecule has 0 radical (unpaired) electrons. The maximum Gasteiger partial charge on any atom is 0.303 e. The number of carbonyl (C=O) groups is 1. The first-order valence-electron chi connectivity index (χ1n) is 9.53. The third kappa shape index (κ3) is 3.36. The van der Waals surface area contributed by atoms with Crippen molar-refractivity contribution in [3.8, 4) is 0 Å². The van der Waals surface area contributed by atoms with Gasteiger partial charge in [-0.2, -0.15) is 0 Å². The molecule has 0 unspecified atom stereocenters. The van der Waals surface area contributed by atoms with Crippen LogP contribution in [0.15, 0.2) is 36.0 Å². The average Bonchev–Trinajstić information content (AvgIpc) is 3.06. The number of epoxide rings is 1. The van der Waals surface area contributed by atoms with Crippen LogP contribution < -0.4 is 0 Å². The van der Waals surface area contributed by atoms with Crippen molar-refractivity contribution in [3.05, 3.63) is 36.0 Å². The molecule has 0 spiro atoms. The zero-order valence-electron chi connectivity index (χ0n) is 16.3. The molecule has 1 saturated heterocycles. The molecule has 1 aliphatic heterocycles. The van der Waals surface area contributed by atoms with Gasteiger partial charge < -0.3 is 9.47 Å². The van der Waals surface area contributed by atoms with Crippen molar-refractivity contribution in [2.24, 2.45) is 17.3 Å². The van der Waals surface area contributed by atoms with E-state index >= 15 is 0 Å². The normalized spacial score (nSPS) is 43.3. The van der Waals surface area contributed by atoms with E-state index in [9.17, 15) is 4.79 Å².